The van der Waals surface area contributed by atoms with Crippen LogP contribution in [0.5, 0.6) is 23.1 Å². The number of nitrogens with zero attached hydrogens (tertiary/aromatic N) is 1. The summed E-state index contributed by atoms with van der Waals surface area (Å²) in [6.07, 6.45) is 2.06. The topological polar surface area (TPSA) is 90.9 Å². The standard InChI is InChI=1S/C20H25N3O5/c1-25-16-4-3-5-17(26-2)20(16)28-19-7-6-14(12-23-19)11-22-18(24)10-15-13-27-9-8-21-15/h3-7,12,15,21H,8-11,13H2,1-2H3,(H,22,24). The highest BCUT2D eigenvalue weighted by atomic mass is 16.5. The fraction of sp³-hybridized carbons (Fsp3) is 0.400. The molecule has 8 heteroatoms. The zero-order valence-corrected chi connectivity index (χ0v) is 16.1. The lowest BCUT2D eigenvalue weighted by Crippen LogP contribution is -2.44. The molecule has 0 aliphatic carbocycles. The third kappa shape index (κ3) is 5.34. The Kier molecular flexibility index (Phi) is 7.05. The number of morpholine rings is 1. The maximum absolute atomic E-state index is 12.1. The Labute approximate surface area is 164 Å². The van der Waals surface area contributed by atoms with E-state index in [4.69, 9.17) is 18.9 Å². The molecule has 1 saturated heterocycles. The van der Waals surface area contributed by atoms with Crippen LogP contribution in [-0.4, -0.2) is 50.9 Å². The smallest absolute Gasteiger partial charge is 0.221 e. The quantitative estimate of drug-likeness (QED) is 0.715. The Morgan fingerprint density at radius 2 is 2.04 bits per heavy atom. The number of ether oxygens (including phenoxy) is 4. The van der Waals surface area contributed by atoms with Gasteiger partial charge in [-0.1, -0.05) is 12.1 Å². The molecule has 0 radical (unpaired) electrons. The van der Waals surface area contributed by atoms with E-state index in [0.29, 0.717) is 49.3 Å². The Balaban J connectivity index is 1.54. The number of para-hydroxylation sites is 1. The molecule has 0 bridgehead atoms. The van der Waals surface area contributed by atoms with E-state index in [0.717, 1.165) is 12.1 Å². The molecule has 1 aliphatic rings. The molecule has 0 saturated carbocycles. The number of rotatable bonds is 8. The van der Waals surface area contributed by atoms with Gasteiger partial charge in [0, 0.05) is 37.8 Å². The number of aromatic nitrogens is 1. The summed E-state index contributed by atoms with van der Waals surface area (Å²) in [5.41, 5.74) is 0.876. The molecule has 1 aliphatic heterocycles. The first-order valence-corrected chi connectivity index (χ1v) is 9.11. The lowest BCUT2D eigenvalue weighted by molar-refractivity contribution is -0.122. The second-order valence-corrected chi connectivity index (χ2v) is 6.31. The minimum atomic E-state index is -0.0258. The largest absolute Gasteiger partial charge is 0.493 e. The van der Waals surface area contributed by atoms with Gasteiger partial charge in [0.1, 0.15) is 0 Å². The molecule has 0 spiro atoms. The summed E-state index contributed by atoms with van der Waals surface area (Å²) in [4.78, 5) is 16.4. The summed E-state index contributed by atoms with van der Waals surface area (Å²) < 4.78 is 21.8. The summed E-state index contributed by atoms with van der Waals surface area (Å²) in [5.74, 6) is 1.95. The molecule has 1 aromatic carbocycles. The highest BCUT2D eigenvalue weighted by Crippen LogP contribution is 2.39. The zero-order chi connectivity index (χ0) is 19.8. The van der Waals surface area contributed by atoms with Crippen LogP contribution in [0.4, 0.5) is 0 Å². The monoisotopic (exact) mass is 387 g/mol. The van der Waals surface area contributed by atoms with E-state index >= 15 is 0 Å². The van der Waals surface area contributed by atoms with Crippen molar-refractivity contribution < 1.29 is 23.7 Å². The van der Waals surface area contributed by atoms with Crippen molar-refractivity contribution in [2.45, 2.75) is 19.0 Å². The van der Waals surface area contributed by atoms with Gasteiger partial charge < -0.3 is 29.6 Å². The SMILES string of the molecule is COc1cccc(OC)c1Oc1ccc(CNC(=O)CC2COCCN2)cn1. The summed E-state index contributed by atoms with van der Waals surface area (Å²) >= 11 is 0. The van der Waals surface area contributed by atoms with Crippen LogP contribution < -0.4 is 24.8 Å². The molecule has 1 fully saturated rings. The average molecular weight is 387 g/mol. The van der Waals surface area contributed by atoms with Crippen molar-refractivity contribution in [3.63, 3.8) is 0 Å². The van der Waals surface area contributed by atoms with E-state index in [1.165, 1.54) is 0 Å². The molecule has 2 N–H and O–H groups in total. The van der Waals surface area contributed by atoms with E-state index < -0.39 is 0 Å². The van der Waals surface area contributed by atoms with Crippen LogP contribution in [0, 0.1) is 0 Å². The Morgan fingerprint density at radius 1 is 1.25 bits per heavy atom. The van der Waals surface area contributed by atoms with Crippen LogP contribution in [-0.2, 0) is 16.1 Å². The van der Waals surface area contributed by atoms with Crippen molar-refractivity contribution in [2.75, 3.05) is 34.0 Å². The molecule has 2 aromatic rings. The minimum absolute atomic E-state index is 0.0258. The van der Waals surface area contributed by atoms with Crippen molar-refractivity contribution in [3.8, 4) is 23.1 Å². The average Bonchev–Trinajstić information content (AvgIpc) is 2.74. The maximum Gasteiger partial charge on any atom is 0.221 e. The molecule has 2 heterocycles. The van der Waals surface area contributed by atoms with Crippen molar-refractivity contribution in [3.05, 3.63) is 42.1 Å². The summed E-state index contributed by atoms with van der Waals surface area (Å²) in [5, 5.41) is 6.16. The van der Waals surface area contributed by atoms with Gasteiger partial charge in [-0.3, -0.25) is 4.79 Å². The predicted octanol–water partition coefficient (Wildman–Crippen LogP) is 1.89. The van der Waals surface area contributed by atoms with Gasteiger partial charge in [0.05, 0.1) is 27.4 Å². The molecule has 8 nitrogen and oxygen atoms in total. The molecule has 1 unspecified atom stereocenters. The van der Waals surface area contributed by atoms with E-state index in [2.05, 4.69) is 15.6 Å². The van der Waals surface area contributed by atoms with Crippen molar-refractivity contribution in [2.24, 2.45) is 0 Å². The third-order valence-electron chi connectivity index (χ3n) is 4.31. The van der Waals surface area contributed by atoms with Crippen LogP contribution in [0.2, 0.25) is 0 Å². The van der Waals surface area contributed by atoms with Crippen LogP contribution in [0.25, 0.3) is 0 Å². The van der Waals surface area contributed by atoms with E-state index in [1.54, 1.807) is 38.6 Å². The Hall–Kier alpha value is -2.84. The van der Waals surface area contributed by atoms with E-state index in [1.807, 2.05) is 12.1 Å². The number of hydrogen-bond acceptors (Lipinski definition) is 7. The number of methoxy groups -OCH3 is 2. The van der Waals surface area contributed by atoms with Gasteiger partial charge in [0.25, 0.3) is 0 Å². The lowest BCUT2D eigenvalue weighted by atomic mass is 10.2. The number of nitrogens with one attached hydrogen (secondary N) is 2. The van der Waals surface area contributed by atoms with Gasteiger partial charge in [-0.25, -0.2) is 4.98 Å². The number of pyridine rings is 1. The molecule has 3 rings (SSSR count). The maximum atomic E-state index is 12.1. The highest BCUT2D eigenvalue weighted by molar-refractivity contribution is 5.76. The third-order valence-corrected chi connectivity index (χ3v) is 4.31. The molecule has 1 aromatic heterocycles. The van der Waals surface area contributed by atoms with Gasteiger partial charge in [-0.2, -0.15) is 0 Å². The summed E-state index contributed by atoms with van der Waals surface area (Å²) in [6.45, 7) is 2.43. The van der Waals surface area contributed by atoms with Gasteiger partial charge in [-0.15, -0.1) is 0 Å². The summed E-state index contributed by atoms with van der Waals surface area (Å²) in [6, 6.07) is 9.05. The van der Waals surface area contributed by atoms with Gasteiger partial charge in [-0.05, 0) is 17.7 Å². The fourth-order valence-corrected chi connectivity index (χ4v) is 2.85. The van der Waals surface area contributed by atoms with Crippen LogP contribution >= 0.6 is 0 Å². The molecular weight excluding hydrogens is 362 g/mol. The van der Waals surface area contributed by atoms with E-state index in [-0.39, 0.29) is 11.9 Å². The zero-order valence-electron chi connectivity index (χ0n) is 16.1. The highest BCUT2D eigenvalue weighted by Gasteiger charge is 2.17. The van der Waals surface area contributed by atoms with Crippen molar-refractivity contribution in [1.82, 2.24) is 15.6 Å². The molecule has 1 amide bonds. The lowest BCUT2D eigenvalue weighted by Gasteiger charge is -2.23. The van der Waals surface area contributed by atoms with Gasteiger partial charge in [0.2, 0.25) is 17.5 Å². The number of carbonyl (C=O) groups excluding carboxylic acids is 1. The Bertz CT molecular complexity index is 754. The minimum Gasteiger partial charge on any atom is -0.493 e. The first kappa shape index (κ1) is 19.9. The molecule has 28 heavy (non-hydrogen) atoms. The molecule has 1 atom stereocenters. The number of benzene rings is 1. The van der Waals surface area contributed by atoms with Crippen molar-refractivity contribution >= 4 is 5.91 Å². The van der Waals surface area contributed by atoms with Crippen LogP contribution in [0.15, 0.2) is 36.5 Å². The number of hydrogen-bond donors (Lipinski definition) is 2. The predicted molar refractivity (Wildman–Crippen MR) is 103 cm³/mol. The Morgan fingerprint density at radius 3 is 2.64 bits per heavy atom. The van der Waals surface area contributed by atoms with E-state index in [9.17, 15) is 4.79 Å². The van der Waals surface area contributed by atoms with Crippen LogP contribution in [0.1, 0.15) is 12.0 Å². The first-order chi connectivity index (χ1) is 13.7. The van der Waals surface area contributed by atoms with Gasteiger partial charge in [0.15, 0.2) is 11.5 Å². The second kappa shape index (κ2) is 9.91. The molecule has 150 valence electrons. The van der Waals surface area contributed by atoms with Crippen molar-refractivity contribution in [1.29, 1.82) is 0 Å². The van der Waals surface area contributed by atoms with Crippen LogP contribution in [0.3, 0.4) is 0 Å². The normalized spacial score (nSPS) is 16.3. The second-order valence-electron chi connectivity index (χ2n) is 6.31. The molecular formula is C20H25N3O5. The number of carbonyl (C=O) groups is 1. The van der Waals surface area contributed by atoms with Gasteiger partial charge >= 0.3 is 0 Å². The number of amides is 1. The fourth-order valence-electron chi connectivity index (χ4n) is 2.85. The summed E-state index contributed by atoms with van der Waals surface area (Å²) in [7, 11) is 3.13. The first-order valence-electron chi connectivity index (χ1n) is 9.11.